The number of likely N-dealkylation sites (N-methyl/N-ethyl adjacent to an activating group) is 2. The zero-order chi connectivity index (χ0) is 56.4. The van der Waals surface area contributed by atoms with Crippen LogP contribution in [0.1, 0.15) is 111 Å². The molecule has 20 atom stereocenters. The zero-order valence-electron chi connectivity index (χ0n) is 46.7. The first-order valence-corrected chi connectivity index (χ1v) is 27.6. The van der Waals surface area contributed by atoms with Crippen molar-refractivity contribution in [3.63, 3.8) is 0 Å². The maximum absolute atomic E-state index is 14.9. The molecule has 3 aromatic rings. The highest BCUT2D eigenvalue weighted by atomic mass is 127. The second-order valence-electron chi connectivity index (χ2n) is 22.6. The summed E-state index contributed by atoms with van der Waals surface area (Å²) in [5, 5.41) is 72.7. The highest BCUT2D eigenvalue weighted by Crippen LogP contribution is 2.41. The minimum Gasteiger partial charge on any atom is -0.448 e. The topological polar surface area (TPSA) is 264 Å². The van der Waals surface area contributed by atoms with E-state index >= 15 is 0 Å². The minimum atomic E-state index is -1.88. The maximum Gasteiger partial charge on any atom is 0.312 e. The molecule has 21 nitrogen and oxygen atoms in total. The molecule has 3 aliphatic rings. The van der Waals surface area contributed by atoms with Crippen molar-refractivity contribution < 1.29 is 67.9 Å². The van der Waals surface area contributed by atoms with Gasteiger partial charge in [-0.3, -0.25) is 4.79 Å². The number of anilines is 1. The highest BCUT2D eigenvalue weighted by Gasteiger charge is 2.53. The van der Waals surface area contributed by atoms with Crippen molar-refractivity contribution in [2.75, 3.05) is 53.8 Å². The molecule has 5 heterocycles. The number of hydrogen-bond acceptors (Lipinski definition) is 19. The molecule has 0 radical (unpaired) electrons. The molecule has 23 heteroatoms. The van der Waals surface area contributed by atoms with Gasteiger partial charge in [0.1, 0.15) is 48.6 Å². The third-order valence-electron chi connectivity index (χ3n) is 16.2. The summed E-state index contributed by atoms with van der Waals surface area (Å²) in [4.78, 5) is 18.3. The van der Waals surface area contributed by atoms with Crippen LogP contribution in [0.5, 0.6) is 0 Å². The standard InChI is InChI=1S/C53H86FIN8O13/c1-28-23-51(8,68)47(31(4)43(74-41-24-52(9,71-14)46(66)34(7)73-41)32(5)48(67)76-50(55)53(10,69)45(65)33(6)61(12)26-28)75-49-42(64)38(22-30(3)72-49)60(11)20-19-36-27-62(59-57-36)39(25-54)44(70-13)35-15-17-37(18-16-35)63-40(56)21-29(2)58-63/h15-18,21,27-28,30-34,38-39,41-47,49-50,64-66,68-69H,19-20,22-26,56H2,1-14H3/t28-,30-,31+,32-,33-,34+,38+,39-,41+,42-,43+,44-,45-,46+,47-,49+,50+,51-,52-,53+/m1/s1. The van der Waals surface area contributed by atoms with Gasteiger partial charge in [0.05, 0.1) is 58.6 Å². The molecule has 3 fully saturated rings. The average Bonchev–Trinajstić information content (AvgIpc) is 3.98. The summed E-state index contributed by atoms with van der Waals surface area (Å²) in [7, 11) is 6.70. The van der Waals surface area contributed by atoms with Gasteiger partial charge in [-0.2, -0.15) is 5.10 Å². The molecule has 3 saturated heterocycles. The number of alkyl halides is 2. The van der Waals surface area contributed by atoms with Crippen molar-refractivity contribution in [1.82, 2.24) is 34.6 Å². The summed E-state index contributed by atoms with van der Waals surface area (Å²) < 4.78 is 60.8. The number of benzene rings is 1. The van der Waals surface area contributed by atoms with Gasteiger partial charge in [-0.1, -0.05) is 31.2 Å². The number of rotatable bonds is 15. The Morgan fingerprint density at radius 2 is 1.67 bits per heavy atom. The first-order chi connectivity index (χ1) is 35.6. The molecule has 0 spiro atoms. The molecular weight excluding hydrogens is 1100 g/mol. The van der Waals surface area contributed by atoms with Crippen LogP contribution in [-0.4, -0.2) is 202 Å². The summed E-state index contributed by atoms with van der Waals surface area (Å²) in [6.45, 7) is 17.4. The van der Waals surface area contributed by atoms with Gasteiger partial charge in [0.25, 0.3) is 0 Å². The van der Waals surface area contributed by atoms with Crippen LogP contribution in [0.15, 0.2) is 36.5 Å². The lowest BCUT2D eigenvalue weighted by Gasteiger charge is -2.49. The average molecular weight is 1190 g/mol. The van der Waals surface area contributed by atoms with E-state index in [2.05, 4.69) is 15.4 Å². The van der Waals surface area contributed by atoms with E-state index in [-0.39, 0.29) is 18.8 Å². The van der Waals surface area contributed by atoms with Crippen LogP contribution in [0, 0.1) is 24.7 Å². The van der Waals surface area contributed by atoms with Gasteiger partial charge < -0.3 is 74.2 Å². The zero-order valence-corrected chi connectivity index (χ0v) is 48.9. The van der Waals surface area contributed by atoms with Gasteiger partial charge in [-0.05, 0) is 129 Å². The van der Waals surface area contributed by atoms with Crippen molar-refractivity contribution in [2.45, 2.75) is 195 Å². The largest absolute Gasteiger partial charge is 0.448 e. The highest BCUT2D eigenvalue weighted by molar-refractivity contribution is 14.1. The predicted octanol–water partition coefficient (Wildman–Crippen LogP) is 4.06. The maximum atomic E-state index is 14.9. The Kier molecular flexibility index (Phi) is 21.0. The van der Waals surface area contributed by atoms with Crippen molar-refractivity contribution >= 4 is 34.4 Å². The number of methoxy groups -OCH3 is 2. The molecule has 3 aliphatic heterocycles. The van der Waals surface area contributed by atoms with Crippen LogP contribution in [0.4, 0.5) is 10.2 Å². The summed E-state index contributed by atoms with van der Waals surface area (Å²) >= 11 is 1.82. The normalized spacial score (nSPS) is 38.6. The van der Waals surface area contributed by atoms with E-state index in [1.807, 2.05) is 91.5 Å². The number of aliphatic hydroxyl groups is 5. The molecule has 7 N–H and O–H groups in total. The molecule has 1 aromatic carbocycles. The molecule has 0 bridgehead atoms. The lowest BCUT2D eigenvalue weighted by atomic mass is 9.77. The number of nitrogen functional groups attached to an aromatic ring is 1. The van der Waals surface area contributed by atoms with E-state index in [1.54, 1.807) is 58.5 Å². The smallest absolute Gasteiger partial charge is 0.312 e. The van der Waals surface area contributed by atoms with Gasteiger partial charge in [0.2, 0.25) is 0 Å². The molecule has 0 aliphatic carbocycles. The third kappa shape index (κ3) is 13.9. The molecule has 0 unspecified atom stereocenters. The second kappa shape index (κ2) is 25.6. The number of nitrogens with zero attached hydrogens (tertiary/aromatic N) is 7. The SMILES string of the molecule is CO[C@H](c1ccc(-n2nc(C)cc2N)cc1)[C@@H](CF)n1cc(CCN(C)[C@H]2C[C@@H](C)O[C@@H](O[C@@H]3[C@@H](C)[C@H](O[C@H]4C[C@@](C)(OC)[C@@H](O)[C@H](C)O4)[C@@H](C)C(=O)O[C@H](I)[C@@](C)(O)[C@H](O)[C@@H](C)N(C)C[C@H](C)C[C@@]3(C)O)[C@@H]2O)nn1. The molecule has 6 rings (SSSR count). The van der Waals surface area contributed by atoms with E-state index in [0.717, 1.165) is 16.9 Å². The summed E-state index contributed by atoms with van der Waals surface area (Å²) in [6.07, 6.45) is -7.23. The number of nitrogens with two attached hydrogens (primary N) is 1. The molecule has 76 heavy (non-hydrogen) atoms. The first kappa shape index (κ1) is 62.2. The fourth-order valence-electron chi connectivity index (χ4n) is 11.5. The summed E-state index contributed by atoms with van der Waals surface area (Å²) in [6, 6.07) is 7.23. The Hall–Kier alpha value is -3.02. The number of halogens is 2. The van der Waals surface area contributed by atoms with Crippen molar-refractivity contribution in [2.24, 2.45) is 17.8 Å². The monoisotopic (exact) mass is 1190 g/mol. The number of hydrogen-bond donors (Lipinski definition) is 6. The summed E-state index contributed by atoms with van der Waals surface area (Å²) in [5.74, 6) is -2.44. The van der Waals surface area contributed by atoms with Gasteiger partial charge in [0, 0.05) is 70.4 Å². The fourth-order valence-corrected chi connectivity index (χ4v) is 12.1. The van der Waals surface area contributed by atoms with Crippen LogP contribution in [-0.2, 0) is 44.4 Å². The number of carbonyl (C=O) groups is 1. The molecule has 0 saturated carbocycles. The van der Waals surface area contributed by atoms with Gasteiger partial charge in [-0.25, -0.2) is 13.8 Å². The molecule has 2 aromatic heterocycles. The molecular formula is C53H86FIN8O13. The minimum absolute atomic E-state index is 0.0774. The Morgan fingerprint density at radius 1 is 1.00 bits per heavy atom. The number of aliphatic hydroxyl groups excluding tert-OH is 3. The van der Waals surface area contributed by atoms with E-state index in [4.69, 9.17) is 38.9 Å². The van der Waals surface area contributed by atoms with Crippen molar-refractivity contribution in [3.8, 4) is 5.69 Å². The molecule has 0 amide bonds. The van der Waals surface area contributed by atoms with Crippen LogP contribution in [0.2, 0.25) is 0 Å². The van der Waals surface area contributed by atoms with Crippen LogP contribution in [0.25, 0.3) is 5.69 Å². The third-order valence-corrected chi connectivity index (χ3v) is 17.7. The lowest BCUT2D eigenvalue weighted by molar-refractivity contribution is -0.318. The number of aryl methyl sites for hydroxylation is 1. The Morgan fingerprint density at radius 3 is 2.28 bits per heavy atom. The van der Waals surface area contributed by atoms with Crippen LogP contribution >= 0.6 is 22.6 Å². The quantitative estimate of drug-likeness (QED) is 0.0712. The Bertz CT molecular complexity index is 2330. The van der Waals surface area contributed by atoms with Gasteiger partial charge in [0.15, 0.2) is 16.7 Å². The number of carbonyl (C=O) groups excluding carboxylic acids is 1. The number of aromatic nitrogens is 5. The van der Waals surface area contributed by atoms with Crippen molar-refractivity contribution in [1.29, 1.82) is 0 Å². The first-order valence-electron chi connectivity index (χ1n) is 26.4. The van der Waals surface area contributed by atoms with E-state index in [0.29, 0.717) is 37.4 Å². The van der Waals surface area contributed by atoms with E-state index in [9.17, 15) is 34.7 Å². The predicted molar refractivity (Wildman–Crippen MR) is 288 cm³/mol. The van der Waals surface area contributed by atoms with Crippen LogP contribution in [0.3, 0.4) is 0 Å². The summed E-state index contributed by atoms with van der Waals surface area (Å²) in [5.41, 5.74) is 4.36. The van der Waals surface area contributed by atoms with Crippen LogP contribution < -0.4 is 5.73 Å². The number of cyclic esters (lactones) is 1. The number of esters is 1. The van der Waals surface area contributed by atoms with Crippen molar-refractivity contribution in [3.05, 3.63) is 53.5 Å². The Balaban J connectivity index is 1.24. The van der Waals surface area contributed by atoms with E-state index < -0.39 is 125 Å². The fraction of sp³-hybridized carbons (Fsp3) is 0.774. The lowest BCUT2D eigenvalue weighted by Crippen LogP contribution is -2.60. The number of ether oxygens (including phenoxy) is 7. The van der Waals surface area contributed by atoms with Gasteiger partial charge >= 0.3 is 5.97 Å². The van der Waals surface area contributed by atoms with Gasteiger partial charge in [-0.15, -0.1) is 5.10 Å². The van der Waals surface area contributed by atoms with E-state index in [1.165, 1.54) is 25.8 Å². The molecule has 430 valence electrons. The Labute approximate surface area is 460 Å². The second-order valence-corrected chi connectivity index (χ2v) is 23.8.